The van der Waals surface area contributed by atoms with Crippen LogP contribution in [0.4, 0.5) is 4.79 Å². The fourth-order valence-corrected chi connectivity index (χ4v) is 4.04. The summed E-state index contributed by atoms with van der Waals surface area (Å²) >= 11 is 0. The second-order valence-corrected chi connectivity index (χ2v) is 7.76. The lowest BCUT2D eigenvalue weighted by atomic mass is 9.96. The molecule has 3 heterocycles. The molecular formula is C19H28N6O2. The molecule has 1 aliphatic heterocycles. The Kier molecular flexibility index (Phi) is 5.13. The van der Waals surface area contributed by atoms with E-state index < -0.39 is 0 Å². The summed E-state index contributed by atoms with van der Waals surface area (Å²) in [5.41, 5.74) is 0.550. The van der Waals surface area contributed by atoms with Crippen LogP contribution in [0.1, 0.15) is 69.7 Å². The Morgan fingerprint density at radius 3 is 2.81 bits per heavy atom. The monoisotopic (exact) mass is 372 g/mol. The minimum Gasteiger partial charge on any atom is -0.338 e. The molecule has 27 heavy (non-hydrogen) atoms. The van der Waals surface area contributed by atoms with Crippen LogP contribution in [-0.4, -0.2) is 50.3 Å². The third-order valence-corrected chi connectivity index (χ3v) is 5.76. The maximum absolute atomic E-state index is 12.5. The van der Waals surface area contributed by atoms with Crippen LogP contribution in [0.3, 0.4) is 0 Å². The number of amides is 2. The SMILES string of the molecule is CCCCNC(=O)N1CC(c2nc3c(cnn3C3CCCCC3)c(=O)[nH]2)C1. The maximum atomic E-state index is 12.5. The summed E-state index contributed by atoms with van der Waals surface area (Å²) in [6, 6.07) is 0.302. The Bertz CT molecular complexity index is 861. The summed E-state index contributed by atoms with van der Waals surface area (Å²) in [5.74, 6) is 0.747. The van der Waals surface area contributed by atoms with Crippen molar-refractivity contribution in [3.05, 3.63) is 22.4 Å². The van der Waals surface area contributed by atoms with Gasteiger partial charge in [0.25, 0.3) is 5.56 Å². The van der Waals surface area contributed by atoms with E-state index in [1.807, 2.05) is 4.68 Å². The standard InChI is InChI=1S/C19H28N6O2/c1-2-3-9-20-19(27)24-11-13(12-24)16-22-17-15(18(26)23-16)10-21-25(17)14-7-5-4-6-8-14/h10,13-14H,2-9,11-12H2,1H3,(H,20,27)(H,22,23,26). The quantitative estimate of drug-likeness (QED) is 0.788. The van der Waals surface area contributed by atoms with Gasteiger partial charge in [0, 0.05) is 19.6 Å². The van der Waals surface area contributed by atoms with E-state index in [1.54, 1.807) is 11.1 Å². The Labute approximate surface area is 158 Å². The molecule has 0 unspecified atom stereocenters. The van der Waals surface area contributed by atoms with Crippen molar-refractivity contribution in [2.75, 3.05) is 19.6 Å². The van der Waals surface area contributed by atoms with E-state index in [4.69, 9.17) is 4.98 Å². The number of fused-ring (bicyclic) bond motifs is 1. The van der Waals surface area contributed by atoms with Crippen molar-refractivity contribution in [2.24, 2.45) is 0 Å². The van der Waals surface area contributed by atoms with Gasteiger partial charge in [0.2, 0.25) is 0 Å². The Hall–Kier alpha value is -2.38. The largest absolute Gasteiger partial charge is 0.338 e. The van der Waals surface area contributed by atoms with Gasteiger partial charge < -0.3 is 15.2 Å². The smallest absolute Gasteiger partial charge is 0.317 e. The molecule has 4 rings (SSSR count). The van der Waals surface area contributed by atoms with Crippen molar-refractivity contribution in [2.45, 2.75) is 63.8 Å². The van der Waals surface area contributed by atoms with Gasteiger partial charge in [-0.25, -0.2) is 14.5 Å². The molecule has 0 bridgehead atoms. The van der Waals surface area contributed by atoms with Crippen LogP contribution >= 0.6 is 0 Å². The molecule has 2 aliphatic rings. The summed E-state index contributed by atoms with van der Waals surface area (Å²) in [4.78, 5) is 34.0. The first kappa shape index (κ1) is 18.0. The molecule has 2 amide bonds. The molecule has 0 atom stereocenters. The van der Waals surface area contributed by atoms with Crippen molar-refractivity contribution in [1.82, 2.24) is 30.0 Å². The molecule has 2 aromatic heterocycles. The Morgan fingerprint density at radius 2 is 2.07 bits per heavy atom. The third-order valence-electron chi connectivity index (χ3n) is 5.76. The van der Waals surface area contributed by atoms with E-state index in [0.29, 0.717) is 42.5 Å². The average molecular weight is 372 g/mol. The molecule has 2 N–H and O–H groups in total. The van der Waals surface area contributed by atoms with Crippen LogP contribution in [0.5, 0.6) is 0 Å². The highest BCUT2D eigenvalue weighted by atomic mass is 16.2. The highest BCUT2D eigenvalue weighted by molar-refractivity contribution is 5.76. The number of hydrogen-bond acceptors (Lipinski definition) is 4. The minimum absolute atomic E-state index is 0.0321. The van der Waals surface area contributed by atoms with E-state index >= 15 is 0 Å². The molecule has 1 saturated heterocycles. The van der Waals surface area contributed by atoms with Gasteiger partial charge in [-0.3, -0.25) is 4.79 Å². The van der Waals surface area contributed by atoms with Gasteiger partial charge in [-0.15, -0.1) is 0 Å². The number of rotatable bonds is 5. The number of likely N-dealkylation sites (tertiary alicyclic amines) is 1. The summed E-state index contributed by atoms with van der Waals surface area (Å²) in [6.07, 6.45) is 9.54. The molecular weight excluding hydrogens is 344 g/mol. The fourth-order valence-electron chi connectivity index (χ4n) is 4.04. The van der Waals surface area contributed by atoms with Gasteiger partial charge in [0.15, 0.2) is 5.65 Å². The second kappa shape index (κ2) is 7.70. The van der Waals surface area contributed by atoms with Crippen LogP contribution in [0, 0.1) is 0 Å². The Morgan fingerprint density at radius 1 is 1.30 bits per heavy atom. The fraction of sp³-hybridized carbons (Fsp3) is 0.684. The minimum atomic E-state index is -0.136. The number of carbonyl (C=O) groups is 1. The zero-order valence-electron chi connectivity index (χ0n) is 15.9. The first-order valence-electron chi connectivity index (χ1n) is 10.2. The van der Waals surface area contributed by atoms with E-state index in [9.17, 15) is 9.59 Å². The molecule has 2 aromatic rings. The van der Waals surface area contributed by atoms with Gasteiger partial charge in [-0.05, 0) is 19.3 Å². The Balaban J connectivity index is 1.49. The zero-order chi connectivity index (χ0) is 18.8. The van der Waals surface area contributed by atoms with Crippen LogP contribution in [0.25, 0.3) is 11.0 Å². The summed E-state index contributed by atoms with van der Waals surface area (Å²) in [6.45, 7) is 3.98. The summed E-state index contributed by atoms with van der Waals surface area (Å²) in [5, 5.41) is 7.95. The molecule has 8 nitrogen and oxygen atoms in total. The number of H-pyrrole nitrogens is 1. The van der Waals surface area contributed by atoms with Gasteiger partial charge in [0.1, 0.15) is 11.2 Å². The van der Waals surface area contributed by atoms with E-state index in [2.05, 4.69) is 22.3 Å². The zero-order valence-corrected chi connectivity index (χ0v) is 15.9. The van der Waals surface area contributed by atoms with Crippen molar-refractivity contribution in [3.8, 4) is 0 Å². The predicted octanol–water partition coefficient (Wildman–Crippen LogP) is 2.53. The highest BCUT2D eigenvalue weighted by Gasteiger charge is 2.34. The van der Waals surface area contributed by atoms with Gasteiger partial charge in [-0.1, -0.05) is 32.6 Å². The van der Waals surface area contributed by atoms with Crippen molar-refractivity contribution in [3.63, 3.8) is 0 Å². The number of nitrogens with one attached hydrogen (secondary N) is 2. The van der Waals surface area contributed by atoms with Gasteiger partial charge >= 0.3 is 6.03 Å². The van der Waals surface area contributed by atoms with E-state index in [1.165, 1.54) is 19.3 Å². The van der Waals surface area contributed by atoms with Crippen molar-refractivity contribution in [1.29, 1.82) is 0 Å². The molecule has 1 aliphatic carbocycles. The third kappa shape index (κ3) is 3.57. The number of aromatic nitrogens is 4. The summed E-state index contributed by atoms with van der Waals surface area (Å²) < 4.78 is 1.95. The number of aromatic amines is 1. The van der Waals surface area contributed by atoms with E-state index in [0.717, 1.165) is 25.7 Å². The first-order valence-corrected chi connectivity index (χ1v) is 10.2. The number of hydrogen-bond donors (Lipinski definition) is 2. The average Bonchev–Trinajstić information content (AvgIpc) is 3.06. The van der Waals surface area contributed by atoms with E-state index in [-0.39, 0.29) is 17.5 Å². The molecule has 146 valence electrons. The topological polar surface area (TPSA) is 95.9 Å². The van der Waals surface area contributed by atoms with Crippen molar-refractivity contribution < 1.29 is 4.79 Å². The molecule has 0 aromatic carbocycles. The molecule has 2 fully saturated rings. The van der Waals surface area contributed by atoms with Crippen LogP contribution in [0.15, 0.2) is 11.0 Å². The molecule has 0 radical (unpaired) electrons. The normalized spacial score (nSPS) is 18.6. The molecule has 0 spiro atoms. The van der Waals surface area contributed by atoms with Gasteiger partial charge in [0.05, 0.1) is 18.2 Å². The van der Waals surface area contributed by atoms with Crippen molar-refractivity contribution >= 4 is 17.1 Å². The first-order chi connectivity index (χ1) is 13.2. The lowest BCUT2D eigenvalue weighted by Gasteiger charge is -2.38. The summed E-state index contributed by atoms with van der Waals surface area (Å²) in [7, 11) is 0. The maximum Gasteiger partial charge on any atom is 0.317 e. The second-order valence-electron chi connectivity index (χ2n) is 7.76. The van der Waals surface area contributed by atoms with Crippen LogP contribution in [-0.2, 0) is 0 Å². The number of nitrogens with zero attached hydrogens (tertiary/aromatic N) is 4. The van der Waals surface area contributed by atoms with Crippen LogP contribution in [0.2, 0.25) is 0 Å². The number of unbranched alkanes of at least 4 members (excludes halogenated alkanes) is 1. The molecule has 1 saturated carbocycles. The molecule has 8 heteroatoms. The van der Waals surface area contributed by atoms with Crippen LogP contribution < -0.4 is 10.9 Å². The lowest BCUT2D eigenvalue weighted by molar-refractivity contribution is 0.148. The predicted molar refractivity (Wildman–Crippen MR) is 103 cm³/mol. The van der Waals surface area contributed by atoms with Gasteiger partial charge in [-0.2, -0.15) is 5.10 Å². The lowest BCUT2D eigenvalue weighted by Crippen LogP contribution is -2.53. The number of carbonyl (C=O) groups excluding carboxylic acids is 1. The highest BCUT2D eigenvalue weighted by Crippen LogP contribution is 2.30. The number of urea groups is 1.